The molecule has 2 aromatic rings. The van der Waals surface area contributed by atoms with Gasteiger partial charge in [-0.3, -0.25) is 10.1 Å². The molecule has 2 aromatic heterocycles. The molecule has 0 aromatic carbocycles. The van der Waals surface area contributed by atoms with Crippen LogP contribution >= 0.6 is 0 Å². The van der Waals surface area contributed by atoms with Gasteiger partial charge in [-0.25, -0.2) is 0 Å². The molecule has 0 spiro atoms. The number of pyridine rings is 1. The van der Waals surface area contributed by atoms with Crippen LogP contribution < -0.4 is 0 Å². The first-order valence-corrected chi connectivity index (χ1v) is 9.42. The average Bonchev–Trinajstić information content (AvgIpc) is 3.17. The van der Waals surface area contributed by atoms with E-state index in [0.717, 1.165) is 35.6 Å². The van der Waals surface area contributed by atoms with Crippen LogP contribution in [-0.4, -0.2) is 59.4 Å². The molecule has 1 fully saturated rings. The molecule has 1 saturated heterocycles. The van der Waals surface area contributed by atoms with Gasteiger partial charge in [0.2, 0.25) is 0 Å². The number of aromatic nitrogens is 3. The van der Waals surface area contributed by atoms with Gasteiger partial charge in [0.1, 0.15) is 5.69 Å². The zero-order chi connectivity index (χ0) is 17.3. The summed E-state index contributed by atoms with van der Waals surface area (Å²) in [7, 11) is -0.180. The van der Waals surface area contributed by atoms with Crippen LogP contribution in [0.4, 0.5) is 0 Å². The highest BCUT2D eigenvalue weighted by Gasteiger charge is 2.32. The van der Waals surface area contributed by atoms with Crippen molar-refractivity contribution >= 4 is 10.2 Å². The summed E-state index contributed by atoms with van der Waals surface area (Å²) in [5.41, 5.74) is 3.64. The molecule has 1 aliphatic heterocycles. The SMILES string of the molecule is Cc1cc(-c2cccc(C[C@@H]3CCN(S(=O)(=O)N(C)C)C3)n2)n[nH]1. The van der Waals surface area contributed by atoms with Gasteiger partial charge in [0.05, 0.1) is 5.69 Å². The van der Waals surface area contributed by atoms with E-state index in [1.54, 1.807) is 18.4 Å². The van der Waals surface area contributed by atoms with Gasteiger partial charge in [0, 0.05) is 38.6 Å². The van der Waals surface area contributed by atoms with Crippen LogP contribution in [0.3, 0.4) is 0 Å². The topological polar surface area (TPSA) is 82.2 Å². The molecule has 3 heterocycles. The van der Waals surface area contributed by atoms with Gasteiger partial charge in [-0.2, -0.15) is 22.1 Å². The molecule has 0 unspecified atom stereocenters. The minimum absolute atomic E-state index is 0.295. The highest BCUT2D eigenvalue weighted by atomic mass is 32.2. The van der Waals surface area contributed by atoms with Crippen LogP contribution in [0.5, 0.6) is 0 Å². The standard InChI is InChI=1S/C16H23N5O2S/c1-12-9-16(19-18-12)15-6-4-5-14(17-15)10-13-7-8-21(11-13)24(22,23)20(2)3/h4-6,9,13H,7-8,10-11H2,1-3H3,(H,18,19)/t13-/m0/s1. The third-order valence-electron chi connectivity index (χ3n) is 4.31. The number of aryl methyl sites for hydroxylation is 1. The Kier molecular flexibility index (Phi) is 4.71. The Hall–Kier alpha value is -1.77. The van der Waals surface area contributed by atoms with Crippen LogP contribution in [0.15, 0.2) is 24.3 Å². The summed E-state index contributed by atoms with van der Waals surface area (Å²) < 4.78 is 27.2. The summed E-state index contributed by atoms with van der Waals surface area (Å²) in [4.78, 5) is 4.68. The van der Waals surface area contributed by atoms with Crippen molar-refractivity contribution < 1.29 is 8.42 Å². The molecule has 0 bridgehead atoms. The molecule has 0 amide bonds. The van der Waals surface area contributed by atoms with Gasteiger partial charge < -0.3 is 0 Å². The molecule has 24 heavy (non-hydrogen) atoms. The van der Waals surface area contributed by atoms with E-state index >= 15 is 0 Å². The highest BCUT2D eigenvalue weighted by Crippen LogP contribution is 2.24. The summed E-state index contributed by atoms with van der Waals surface area (Å²) in [5, 5.41) is 7.17. The Morgan fingerprint density at radius 3 is 2.79 bits per heavy atom. The normalized spacial score (nSPS) is 19.2. The minimum atomic E-state index is -3.32. The number of hydrogen-bond acceptors (Lipinski definition) is 4. The van der Waals surface area contributed by atoms with E-state index in [-0.39, 0.29) is 0 Å². The number of H-pyrrole nitrogens is 1. The zero-order valence-corrected chi connectivity index (χ0v) is 15.0. The van der Waals surface area contributed by atoms with E-state index in [0.29, 0.717) is 19.0 Å². The third kappa shape index (κ3) is 3.50. The van der Waals surface area contributed by atoms with E-state index in [1.165, 1.54) is 4.31 Å². The van der Waals surface area contributed by atoms with Gasteiger partial charge in [-0.05, 0) is 43.9 Å². The number of aromatic amines is 1. The quantitative estimate of drug-likeness (QED) is 0.886. The Balaban J connectivity index is 1.69. The smallest absolute Gasteiger partial charge is 0.281 e. The van der Waals surface area contributed by atoms with Crippen molar-refractivity contribution in [2.75, 3.05) is 27.2 Å². The minimum Gasteiger partial charge on any atom is -0.282 e. The molecule has 0 radical (unpaired) electrons. The molecule has 3 rings (SSSR count). The van der Waals surface area contributed by atoms with Gasteiger partial charge in [-0.1, -0.05) is 6.07 Å². The highest BCUT2D eigenvalue weighted by molar-refractivity contribution is 7.86. The van der Waals surface area contributed by atoms with Crippen molar-refractivity contribution in [2.45, 2.75) is 19.8 Å². The average molecular weight is 349 g/mol. The lowest BCUT2D eigenvalue weighted by molar-refractivity contribution is 0.409. The molecule has 130 valence electrons. The predicted octanol–water partition coefficient (Wildman–Crippen LogP) is 1.45. The van der Waals surface area contributed by atoms with Gasteiger partial charge in [0.15, 0.2) is 0 Å². The molecule has 0 aliphatic carbocycles. The molecular formula is C16H23N5O2S. The second-order valence-corrected chi connectivity index (χ2v) is 8.60. The predicted molar refractivity (Wildman–Crippen MR) is 92.5 cm³/mol. The molecule has 1 atom stereocenters. The van der Waals surface area contributed by atoms with Crippen molar-refractivity contribution in [3.8, 4) is 11.4 Å². The fourth-order valence-electron chi connectivity index (χ4n) is 2.99. The second-order valence-electron chi connectivity index (χ2n) is 6.46. The zero-order valence-electron chi connectivity index (χ0n) is 14.2. The number of hydrogen-bond donors (Lipinski definition) is 1. The first-order valence-electron chi connectivity index (χ1n) is 8.02. The third-order valence-corrected chi connectivity index (χ3v) is 6.22. The van der Waals surface area contributed by atoms with Crippen molar-refractivity contribution in [1.29, 1.82) is 0 Å². The first-order chi connectivity index (χ1) is 11.4. The van der Waals surface area contributed by atoms with Crippen molar-refractivity contribution in [1.82, 2.24) is 23.8 Å². The van der Waals surface area contributed by atoms with E-state index in [9.17, 15) is 8.42 Å². The molecule has 1 aliphatic rings. The van der Waals surface area contributed by atoms with Crippen LogP contribution in [-0.2, 0) is 16.6 Å². The molecule has 1 N–H and O–H groups in total. The van der Waals surface area contributed by atoms with E-state index < -0.39 is 10.2 Å². The van der Waals surface area contributed by atoms with Gasteiger partial charge in [0.25, 0.3) is 10.2 Å². The Labute approximate surface area is 142 Å². The van der Waals surface area contributed by atoms with Crippen LogP contribution in [0, 0.1) is 12.8 Å². The molecule has 8 heteroatoms. The molecule has 7 nitrogen and oxygen atoms in total. The Morgan fingerprint density at radius 2 is 2.12 bits per heavy atom. The van der Waals surface area contributed by atoms with Crippen LogP contribution in [0.25, 0.3) is 11.4 Å². The number of rotatable bonds is 5. The van der Waals surface area contributed by atoms with Crippen LogP contribution in [0.2, 0.25) is 0 Å². The van der Waals surface area contributed by atoms with Gasteiger partial charge in [-0.15, -0.1) is 0 Å². The van der Waals surface area contributed by atoms with Crippen molar-refractivity contribution in [3.05, 3.63) is 35.7 Å². The lowest BCUT2D eigenvalue weighted by Crippen LogP contribution is -2.38. The summed E-state index contributed by atoms with van der Waals surface area (Å²) in [6, 6.07) is 7.88. The van der Waals surface area contributed by atoms with E-state index in [4.69, 9.17) is 0 Å². The first kappa shape index (κ1) is 17.1. The largest absolute Gasteiger partial charge is 0.282 e. The summed E-state index contributed by atoms with van der Waals surface area (Å²) in [6.45, 7) is 3.08. The maximum absolute atomic E-state index is 12.2. The lowest BCUT2D eigenvalue weighted by atomic mass is 10.0. The monoisotopic (exact) mass is 349 g/mol. The second kappa shape index (κ2) is 6.62. The Bertz CT molecular complexity index is 815. The fraction of sp³-hybridized carbons (Fsp3) is 0.500. The summed E-state index contributed by atoms with van der Waals surface area (Å²) in [5.74, 6) is 0.295. The molecular weight excluding hydrogens is 326 g/mol. The van der Waals surface area contributed by atoms with Crippen molar-refractivity contribution in [3.63, 3.8) is 0 Å². The number of nitrogens with zero attached hydrogens (tertiary/aromatic N) is 4. The summed E-state index contributed by atoms with van der Waals surface area (Å²) in [6.07, 6.45) is 1.64. The maximum atomic E-state index is 12.2. The fourth-order valence-corrected chi connectivity index (χ4v) is 4.18. The van der Waals surface area contributed by atoms with E-state index in [2.05, 4.69) is 15.2 Å². The molecule has 0 saturated carbocycles. The maximum Gasteiger partial charge on any atom is 0.281 e. The van der Waals surface area contributed by atoms with Crippen molar-refractivity contribution in [2.24, 2.45) is 5.92 Å². The lowest BCUT2D eigenvalue weighted by Gasteiger charge is -2.20. The summed E-state index contributed by atoms with van der Waals surface area (Å²) >= 11 is 0. The van der Waals surface area contributed by atoms with Gasteiger partial charge >= 0.3 is 0 Å². The Morgan fingerprint density at radius 1 is 1.33 bits per heavy atom. The van der Waals surface area contributed by atoms with E-state index in [1.807, 2.05) is 31.2 Å². The van der Waals surface area contributed by atoms with Crippen LogP contribution in [0.1, 0.15) is 17.8 Å². The number of nitrogens with one attached hydrogen (secondary N) is 1.